The third-order valence-corrected chi connectivity index (χ3v) is 5.52. The normalized spacial score (nSPS) is 10.7. The van der Waals surface area contributed by atoms with Crippen LogP contribution in [0, 0.1) is 6.92 Å². The van der Waals surface area contributed by atoms with Crippen molar-refractivity contribution >= 4 is 57.4 Å². The van der Waals surface area contributed by atoms with Gasteiger partial charge in [-0.1, -0.05) is 53.0 Å². The van der Waals surface area contributed by atoms with Gasteiger partial charge in [0, 0.05) is 28.9 Å². The lowest BCUT2D eigenvalue weighted by molar-refractivity contribution is -0.118. The second-order valence-corrected chi connectivity index (χ2v) is 8.66. The van der Waals surface area contributed by atoms with Gasteiger partial charge in [0.2, 0.25) is 17.1 Å². The molecular weight excluding hydrogens is 491 g/mol. The molecule has 0 atom stereocenters. The molecule has 1 aromatic heterocycles. The molecule has 0 aliphatic rings. The van der Waals surface area contributed by atoms with Gasteiger partial charge in [-0.25, -0.2) is 0 Å². The van der Waals surface area contributed by atoms with Gasteiger partial charge in [-0.3, -0.25) is 14.4 Å². The van der Waals surface area contributed by atoms with Crippen LogP contribution in [-0.2, 0) is 9.59 Å². The molecule has 0 saturated carbocycles. The zero-order valence-electron chi connectivity index (χ0n) is 18.8. The highest BCUT2D eigenvalue weighted by molar-refractivity contribution is 6.38. The number of carbonyl (C=O) groups excluding carboxylic acids is 2. The molecule has 2 amide bonds. The molecule has 178 valence electrons. The van der Waals surface area contributed by atoms with Gasteiger partial charge >= 0.3 is 0 Å². The van der Waals surface area contributed by atoms with E-state index in [1.165, 1.54) is 19.1 Å². The van der Waals surface area contributed by atoms with Crippen LogP contribution >= 0.6 is 23.2 Å². The number of aryl methyl sites for hydroxylation is 1. The predicted octanol–water partition coefficient (Wildman–Crippen LogP) is 6.05. The zero-order chi connectivity index (χ0) is 25.1. The molecule has 0 saturated heterocycles. The van der Waals surface area contributed by atoms with Crippen molar-refractivity contribution in [1.82, 2.24) is 0 Å². The van der Waals surface area contributed by atoms with Crippen LogP contribution in [0.25, 0.3) is 22.3 Å². The third-order valence-electron chi connectivity index (χ3n) is 5.02. The molecule has 2 N–H and O–H groups in total. The van der Waals surface area contributed by atoms with E-state index in [0.717, 1.165) is 5.56 Å². The van der Waals surface area contributed by atoms with Crippen LogP contribution < -0.4 is 20.8 Å². The molecule has 3 aromatic carbocycles. The topological polar surface area (TPSA) is 97.6 Å². The third kappa shape index (κ3) is 5.65. The van der Waals surface area contributed by atoms with Crippen LogP contribution in [0.5, 0.6) is 5.75 Å². The smallest absolute Gasteiger partial charge is 0.262 e. The second kappa shape index (κ2) is 10.2. The van der Waals surface area contributed by atoms with Crippen molar-refractivity contribution < 1.29 is 18.7 Å². The first-order chi connectivity index (χ1) is 16.7. The fourth-order valence-electron chi connectivity index (χ4n) is 3.41. The SMILES string of the molecule is CC(=O)Nc1ccc(NC(=O)COc2c(-c3ccc(C)cc3)oc3c(Cl)cc(Cl)cc3c2=O)cc1. The molecule has 0 bridgehead atoms. The Balaban J connectivity index is 1.63. The Morgan fingerprint density at radius 2 is 1.57 bits per heavy atom. The molecule has 0 spiro atoms. The first-order valence-electron chi connectivity index (χ1n) is 10.5. The summed E-state index contributed by atoms with van der Waals surface area (Å²) >= 11 is 12.4. The summed E-state index contributed by atoms with van der Waals surface area (Å²) in [4.78, 5) is 37.0. The molecule has 0 aliphatic heterocycles. The number of halogens is 2. The number of amides is 2. The Kier molecular flexibility index (Phi) is 7.10. The quantitative estimate of drug-likeness (QED) is 0.329. The minimum atomic E-state index is -0.501. The van der Waals surface area contributed by atoms with E-state index in [0.29, 0.717) is 16.9 Å². The summed E-state index contributed by atoms with van der Waals surface area (Å²) in [7, 11) is 0. The highest BCUT2D eigenvalue weighted by Gasteiger charge is 2.21. The van der Waals surface area contributed by atoms with Gasteiger partial charge in [-0.15, -0.1) is 0 Å². The van der Waals surface area contributed by atoms with Crippen molar-refractivity contribution in [2.45, 2.75) is 13.8 Å². The highest BCUT2D eigenvalue weighted by atomic mass is 35.5. The van der Waals surface area contributed by atoms with E-state index >= 15 is 0 Å². The summed E-state index contributed by atoms with van der Waals surface area (Å²) < 4.78 is 11.7. The number of nitrogens with one attached hydrogen (secondary N) is 2. The standard InChI is InChI=1S/C26H20Cl2N2O5/c1-14-3-5-16(6-4-14)24-26(23(33)20-11-17(27)12-21(28)25(20)35-24)34-13-22(32)30-19-9-7-18(8-10-19)29-15(2)31/h3-12H,13H2,1-2H3,(H,29,31)(H,30,32). The molecule has 0 aliphatic carbocycles. The minimum absolute atomic E-state index is 0.129. The Hall–Kier alpha value is -3.81. The lowest BCUT2D eigenvalue weighted by Crippen LogP contribution is -2.22. The van der Waals surface area contributed by atoms with Crippen LogP contribution in [0.1, 0.15) is 12.5 Å². The molecule has 35 heavy (non-hydrogen) atoms. The van der Waals surface area contributed by atoms with Crippen LogP contribution in [0.2, 0.25) is 10.0 Å². The van der Waals surface area contributed by atoms with Gasteiger partial charge < -0.3 is 19.8 Å². The molecule has 0 fully saturated rings. The maximum absolute atomic E-state index is 13.3. The molecule has 0 unspecified atom stereocenters. The van der Waals surface area contributed by atoms with Crippen molar-refractivity contribution in [1.29, 1.82) is 0 Å². The van der Waals surface area contributed by atoms with Crippen LogP contribution in [0.4, 0.5) is 11.4 Å². The Morgan fingerprint density at radius 1 is 0.943 bits per heavy atom. The Bertz CT molecular complexity index is 1480. The van der Waals surface area contributed by atoms with E-state index in [9.17, 15) is 14.4 Å². The average molecular weight is 511 g/mol. The summed E-state index contributed by atoms with van der Waals surface area (Å²) in [5, 5.41) is 5.92. The van der Waals surface area contributed by atoms with E-state index in [2.05, 4.69) is 10.6 Å². The van der Waals surface area contributed by atoms with Gasteiger partial charge in [-0.05, 0) is 43.3 Å². The number of carbonyl (C=O) groups is 2. The fraction of sp³-hybridized carbons (Fsp3) is 0.115. The molecular formula is C26H20Cl2N2O5. The summed E-state index contributed by atoms with van der Waals surface area (Å²) in [6, 6.07) is 16.8. The van der Waals surface area contributed by atoms with Crippen molar-refractivity contribution in [3.8, 4) is 17.1 Å². The maximum atomic E-state index is 13.3. The summed E-state index contributed by atoms with van der Waals surface area (Å²) in [5.74, 6) is -0.665. The molecule has 7 nitrogen and oxygen atoms in total. The summed E-state index contributed by atoms with van der Waals surface area (Å²) in [6.45, 7) is 2.89. The summed E-state index contributed by atoms with van der Waals surface area (Å²) in [6.07, 6.45) is 0. The van der Waals surface area contributed by atoms with Gasteiger partial charge in [-0.2, -0.15) is 0 Å². The van der Waals surface area contributed by atoms with E-state index in [1.54, 1.807) is 36.4 Å². The van der Waals surface area contributed by atoms with Crippen LogP contribution in [-0.4, -0.2) is 18.4 Å². The number of anilines is 2. The van der Waals surface area contributed by atoms with Crippen molar-refractivity contribution in [2.24, 2.45) is 0 Å². The molecule has 4 rings (SSSR count). The number of benzene rings is 3. The zero-order valence-corrected chi connectivity index (χ0v) is 20.3. The monoisotopic (exact) mass is 510 g/mol. The van der Waals surface area contributed by atoms with Gasteiger partial charge in [0.15, 0.2) is 18.0 Å². The largest absolute Gasteiger partial charge is 0.476 e. The van der Waals surface area contributed by atoms with Crippen molar-refractivity contribution in [2.75, 3.05) is 17.2 Å². The first-order valence-corrected chi connectivity index (χ1v) is 11.3. The van der Waals surface area contributed by atoms with Crippen molar-refractivity contribution in [3.63, 3.8) is 0 Å². The number of hydrogen-bond acceptors (Lipinski definition) is 5. The second-order valence-electron chi connectivity index (χ2n) is 7.82. The lowest BCUT2D eigenvalue weighted by atomic mass is 10.1. The average Bonchev–Trinajstić information content (AvgIpc) is 2.80. The molecule has 9 heteroatoms. The van der Waals surface area contributed by atoms with Crippen LogP contribution in [0.3, 0.4) is 0 Å². The summed E-state index contributed by atoms with van der Waals surface area (Å²) in [5.41, 5.74) is 2.38. The molecule has 4 aromatic rings. The molecule has 0 radical (unpaired) electrons. The minimum Gasteiger partial charge on any atom is -0.476 e. The maximum Gasteiger partial charge on any atom is 0.262 e. The number of fused-ring (bicyclic) bond motifs is 1. The van der Waals surface area contributed by atoms with Gasteiger partial charge in [0.25, 0.3) is 5.91 Å². The van der Waals surface area contributed by atoms with E-state index < -0.39 is 17.9 Å². The van der Waals surface area contributed by atoms with E-state index in [4.69, 9.17) is 32.4 Å². The number of rotatable bonds is 6. The first kappa shape index (κ1) is 24.3. The Labute approximate surface area is 210 Å². The van der Waals surface area contributed by atoms with Gasteiger partial charge in [0.1, 0.15) is 0 Å². The number of ether oxygens (including phenoxy) is 1. The van der Waals surface area contributed by atoms with E-state index in [1.807, 2.05) is 19.1 Å². The number of hydrogen-bond donors (Lipinski definition) is 2. The van der Waals surface area contributed by atoms with Gasteiger partial charge in [0.05, 0.1) is 10.4 Å². The van der Waals surface area contributed by atoms with Crippen LogP contribution in [0.15, 0.2) is 69.9 Å². The van der Waals surface area contributed by atoms with Crippen molar-refractivity contribution in [3.05, 3.63) is 86.5 Å². The van der Waals surface area contributed by atoms with E-state index in [-0.39, 0.29) is 38.4 Å². The predicted molar refractivity (Wildman–Crippen MR) is 138 cm³/mol. The lowest BCUT2D eigenvalue weighted by Gasteiger charge is -2.13. The Morgan fingerprint density at radius 3 is 2.20 bits per heavy atom. The highest BCUT2D eigenvalue weighted by Crippen LogP contribution is 2.35. The fourth-order valence-corrected chi connectivity index (χ4v) is 3.94. The molecule has 1 heterocycles.